The molecule has 0 amide bonds. The van der Waals surface area contributed by atoms with Gasteiger partial charge in [-0.15, -0.1) is 0 Å². The fraction of sp³-hybridized carbons (Fsp3) is 0.538. The van der Waals surface area contributed by atoms with Crippen LogP contribution in [0, 0.1) is 0 Å². The highest BCUT2D eigenvalue weighted by Crippen LogP contribution is 2.12. The van der Waals surface area contributed by atoms with Crippen molar-refractivity contribution >= 4 is 17.3 Å². The quantitative estimate of drug-likeness (QED) is 0.893. The number of hydrogen-bond acceptors (Lipinski definition) is 5. The SMILES string of the molecule is CCCn1c(=O)[nH]c(=O)c2c1ncn2C(=O)OC(C)(C)C. The van der Waals surface area contributed by atoms with E-state index in [1.54, 1.807) is 20.8 Å². The first kappa shape index (κ1) is 15.0. The Kier molecular flexibility index (Phi) is 3.71. The van der Waals surface area contributed by atoms with Crippen molar-refractivity contribution in [3.8, 4) is 0 Å². The molecule has 0 fully saturated rings. The van der Waals surface area contributed by atoms with E-state index in [1.807, 2.05) is 6.92 Å². The van der Waals surface area contributed by atoms with Crippen LogP contribution in [0.2, 0.25) is 0 Å². The fourth-order valence-electron chi connectivity index (χ4n) is 1.95. The fourth-order valence-corrected chi connectivity index (χ4v) is 1.95. The van der Waals surface area contributed by atoms with Crippen molar-refractivity contribution < 1.29 is 9.53 Å². The van der Waals surface area contributed by atoms with Crippen molar-refractivity contribution in [2.75, 3.05) is 0 Å². The van der Waals surface area contributed by atoms with Gasteiger partial charge in [-0.1, -0.05) is 6.92 Å². The van der Waals surface area contributed by atoms with E-state index in [4.69, 9.17) is 4.74 Å². The highest BCUT2D eigenvalue weighted by molar-refractivity contribution is 5.84. The molecule has 8 heteroatoms. The molecule has 2 rings (SSSR count). The largest absolute Gasteiger partial charge is 0.443 e. The maximum atomic E-state index is 12.1. The Balaban J connectivity index is 2.64. The highest BCUT2D eigenvalue weighted by Gasteiger charge is 2.22. The summed E-state index contributed by atoms with van der Waals surface area (Å²) in [4.78, 5) is 42.1. The zero-order valence-corrected chi connectivity index (χ0v) is 12.5. The number of hydrogen-bond donors (Lipinski definition) is 1. The molecule has 0 atom stereocenters. The van der Waals surface area contributed by atoms with E-state index in [-0.39, 0.29) is 11.2 Å². The molecule has 0 bridgehead atoms. The van der Waals surface area contributed by atoms with Crippen LogP contribution in [0.25, 0.3) is 11.2 Å². The molecule has 0 aromatic carbocycles. The second-order valence-corrected chi connectivity index (χ2v) is 5.68. The van der Waals surface area contributed by atoms with Gasteiger partial charge in [0.25, 0.3) is 5.56 Å². The molecule has 0 aliphatic heterocycles. The third-order valence-electron chi connectivity index (χ3n) is 2.72. The molecule has 2 heterocycles. The van der Waals surface area contributed by atoms with Crippen LogP contribution < -0.4 is 11.2 Å². The minimum atomic E-state index is -0.711. The van der Waals surface area contributed by atoms with E-state index in [9.17, 15) is 14.4 Å². The Morgan fingerprint density at radius 3 is 2.62 bits per heavy atom. The topological polar surface area (TPSA) is 99.0 Å². The molecule has 0 aliphatic rings. The number of fused-ring (bicyclic) bond motifs is 1. The molecule has 0 saturated heterocycles. The van der Waals surface area contributed by atoms with Crippen molar-refractivity contribution in [1.82, 2.24) is 19.1 Å². The van der Waals surface area contributed by atoms with Gasteiger partial charge < -0.3 is 4.74 Å². The Hall–Kier alpha value is -2.38. The molecule has 0 radical (unpaired) electrons. The van der Waals surface area contributed by atoms with Crippen LogP contribution >= 0.6 is 0 Å². The lowest BCUT2D eigenvalue weighted by Crippen LogP contribution is -2.33. The molecule has 1 N–H and O–H groups in total. The van der Waals surface area contributed by atoms with E-state index in [2.05, 4.69) is 9.97 Å². The predicted octanol–water partition coefficient (Wildman–Crippen LogP) is 1.08. The molecule has 0 aliphatic carbocycles. The van der Waals surface area contributed by atoms with Crippen LogP contribution in [0.4, 0.5) is 4.79 Å². The zero-order valence-electron chi connectivity index (χ0n) is 12.5. The van der Waals surface area contributed by atoms with Crippen LogP contribution in [0.5, 0.6) is 0 Å². The summed E-state index contributed by atoms with van der Waals surface area (Å²) < 4.78 is 7.57. The van der Waals surface area contributed by atoms with Crippen molar-refractivity contribution in [2.45, 2.75) is 46.3 Å². The zero-order chi connectivity index (χ0) is 15.8. The number of aryl methyl sites for hydroxylation is 1. The van der Waals surface area contributed by atoms with Crippen molar-refractivity contribution in [3.05, 3.63) is 27.2 Å². The van der Waals surface area contributed by atoms with Crippen molar-refractivity contribution in [2.24, 2.45) is 0 Å². The lowest BCUT2D eigenvalue weighted by Gasteiger charge is -2.19. The first-order valence-corrected chi connectivity index (χ1v) is 6.68. The molecule has 0 saturated carbocycles. The van der Waals surface area contributed by atoms with E-state index >= 15 is 0 Å². The number of nitrogens with one attached hydrogen (secondary N) is 1. The average molecular weight is 294 g/mol. The van der Waals surface area contributed by atoms with E-state index < -0.39 is 22.9 Å². The summed E-state index contributed by atoms with van der Waals surface area (Å²) in [5, 5.41) is 0. The Morgan fingerprint density at radius 2 is 2.05 bits per heavy atom. The van der Waals surface area contributed by atoms with Crippen LogP contribution in [0.3, 0.4) is 0 Å². The first-order chi connectivity index (χ1) is 9.74. The van der Waals surface area contributed by atoms with Gasteiger partial charge in [-0.3, -0.25) is 14.3 Å². The second-order valence-electron chi connectivity index (χ2n) is 5.68. The molecule has 0 spiro atoms. The Morgan fingerprint density at radius 1 is 1.38 bits per heavy atom. The maximum Gasteiger partial charge on any atom is 0.420 e. The van der Waals surface area contributed by atoms with Gasteiger partial charge in [0.15, 0.2) is 11.2 Å². The van der Waals surface area contributed by atoms with Crippen LogP contribution in [-0.2, 0) is 11.3 Å². The number of aromatic nitrogens is 4. The molecular formula is C13H18N4O4. The summed E-state index contributed by atoms with van der Waals surface area (Å²) in [6.07, 6.45) is 1.18. The molecule has 2 aromatic rings. The number of H-pyrrole nitrogens is 1. The number of aromatic amines is 1. The van der Waals surface area contributed by atoms with E-state index in [0.717, 1.165) is 4.57 Å². The summed E-state index contributed by atoms with van der Waals surface area (Å²) in [7, 11) is 0. The van der Waals surface area contributed by atoms with E-state index in [0.29, 0.717) is 13.0 Å². The average Bonchev–Trinajstić information content (AvgIpc) is 2.77. The molecule has 0 unspecified atom stereocenters. The number of ether oxygens (including phenoxy) is 1. The number of rotatable bonds is 2. The third-order valence-corrected chi connectivity index (χ3v) is 2.72. The third kappa shape index (κ3) is 2.88. The molecular weight excluding hydrogens is 276 g/mol. The molecule has 21 heavy (non-hydrogen) atoms. The van der Waals surface area contributed by atoms with Crippen molar-refractivity contribution in [1.29, 1.82) is 0 Å². The summed E-state index contributed by atoms with van der Waals surface area (Å²) >= 11 is 0. The van der Waals surface area contributed by atoms with Crippen molar-refractivity contribution in [3.63, 3.8) is 0 Å². The van der Waals surface area contributed by atoms with Gasteiger partial charge in [0.2, 0.25) is 0 Å². The van der Waals surface area contributed by atoms with Gasteiger partial charge in [-0.05, 0) is 27.2 Å². The standard InChI is InChI=1S/C13H18N4O4/c1-5-6-16-9-8(10(18)15-11(16)19)17(7-14-9)12(20)21-13(2,3)4/h7H,5-6H2,1-4H3,(H,15,18,19). The van der Waals surface area contributed by atoms with Crippen LogP contribution in [0.1, 0.15) is 34.1 Å². The normalized spacial score (nSPS) is 11.8. The number of carbonyl (C=O) groups is 1. The Bertz CT molecular complexity index is 791. The van der Waals surface area contributed by atoms with Gasteiger partial charge in [0.05, 0.1) is 0 Å². The van der Waals surface area contributed by atoms with Gasteiger partial charge in [0.1, 0.15) is 11.9 Å². The lowest BCUT2D eigenvalue weighted by molar-refractivity contribution is 0.0543. The smallest absolute Gasteiger partial charge is 0.420 e. The molecule has 2 aromatic heterocycles. The summed E-state index contributed by atoms with van der Waals surface area (Å²) in [5.41, 5.74) is -1.71. The predicted molar refractivity (Wildman–Crippen MR) is 76.5 cm³/mol. The highest BCUT2D eigenvalue weighted by atomic mass is 16.6. The number of imidazole rings is 1. The van der Waals surface area contributed by atoms with Crippen LogP contribution in [-0.4, -0.2) is 30.8 Å². The van der Waals surface area contributed by atoms with E-state index in [1.165, 1.54) is 10.9 Å². The van der Waals surface area contributed by atoms with Gasteiger partial charge in [-0.2, -0.15) is 0 Å². The lowest BCUT2D eigenvalue weighted by atomic mass is 10.2. The number of carbonyl (C=O) groups excluding carboxylic acids is 1. The van der Waals surface area contributed by atoms with Crippen LogP contribution in [0.15, 0.2) is 15.9 Å². The molecule has 8 nitrogen and oxygen atoms in total. The Labute approximate surface area is 120 Å². The van der Waals surface area contributed by atoms with Gasteiger partial charge in [-0.25, -0.2) is 19.1 Å². The summed E-state index contributed by atoms with van der Waals surface area (Å²) in [6, 6.07) is 0. The maximum absolute atomic E-state index is 12.1. The second kappa shape index (κ2) is 5.19. The minimum Gasteiger partial charge on any atom is -0.443 e. The van der Waals surface area contributed by atoms with Gasteiger partial charge in [0, 0.05) is 6.54 Å². The van der Waals surface area contributed by atoms with Gasteiger partial charge >= 0.3 is 11.8 Å². The number of nitrogens with zero attached hydrogens (tertiary/aromatic N) is 3. The summed E-state index contributed by atoms with van der Waals surface area (Å²) in [5.74, 6) is 0. The monoisotopic (exact) mass is 294 g/mol. The first-order valence-electron chi connectivity index (χ1n) is 6.68. The summed E-state index contributed by atoms with van der Waals surface area (Å²) in [6.45, 7) is 7.47. The minimum absolute atomic E-state index is 0.0114. The molecule has 114 valence electrons.